The molecule has 7 nitrogen and oxygen atoms in total. The molecule has 0 bridgehead atoms. The average Bonchev–Trinajstić information content (AvgIpc) is 2.86. The van der Waals surface area contributed by atoms with E-state index < -0.39 is 0 Å². The molecule has 0 unspecified atom stereocenters. The quantitative estimate of drug-likeness (QED) is 0.715. The predicted molar refractivity (Wildman–Crippen MR) is 87.0 cm³/mol. The molecule has 3 fully saturated rings. The molecule has 24 heavy (non-hydrogen) atoms. The van der Waals surface area contributed by atoms with E-state index in [1.807, 2.05) is 0 Å². The van der Waals surface area contributed by atoms with Gasteiger partial charge in [0, 0.05) is 25.7 Å². The van der Waals surface area contributed by atoms with Crippen molar-refractivity contribution in [3.63, 3.8) is 0 Å². The minimum atomic E-state index is -0.254. The van der Waals surface area contributed by atoms with E-state index in [2.05, 4.69) is 17.1 Å². The Morgan fingerprint density at radius 1 is 1.17 bits per heavy atom. The first-order valence-corrected chi connectivity index (χ1v) is 9.01. The maximum absolute atomic E-state index is 12.4. The van der Waals surface area contributed by atoms with Crippen molar-refractivity contribution in [2.75, 3.05) is 39.4 Å². The third-order valence-corrected chi connectivity index (χ3v) is 5.50. The molecule has 0 aromatic rings. The Morgan fingerprint density at radius 2 is 1.75 bits per heavy atom. The molecule has 1 saturated carbocycles. The number of carbonyl (C=O) groups excluding carboxylic acids is 3. The molecule has 0 aromatic carbocycles. The molecular formula is C17H27N3O4. The number of hydrogen-bond acceptors (Lipinski definition) is 5. The minimum absolute atomic E-state index is 0.138. The lowest BCUT2D eigenvalue weighted by Crippen LogP contribution is -2.49. The number of nitrogens with zero attached hydrogens (tertiary/aromatic N) is 2. The third kappa shape index (κ3) is 3.62. The summed E-state index contributed by atoms with van der Waals surface area (Å²) in [6, 6.07) is 0.213. The highest BCUT2D eigenvalue weighted by atomic mass is 16.5. The smallest absolute Gasteiger partial charge is 0.240 e. The van der Waals surface area contributed by atoms with Gasteiger partial charge in [-0.25, -0.2) is 0 Å². The zero-order valence-corrected chi connectivity index (χ0v) is 14.3. The first-order chi connectivity index (χ1) is 11.6. The molecule has 1 aliphatic carbocycles. The van der Waals surface area contributed by atoms with Crippen molar-refractivity contribution in [3.05, 3.63) is 0 Å². The Hall–Kier alpha value is -1.47. The van der Waals surface area contributed by atoms with Crippen molar-refractivity contribution in [2.24, 2.45) is 11.8 Å². The van der Waals surface area contributed by atoms with Gasteiger partial charge in [-0.05, 0) is 19.8 Å². The molecule has 3 atom stereocenters. The molecule has 134 valence electrons. The molecule has 2 aliphatic heterocycles. The normalized spacial score (nSPS) is 29.5. The fourth-order valence-electron chi connectivity index (χ4n) is 4.00. The fourth-order valence-corrected chi connectivity index (χ4v) is 4.00. The van der Waals surface area contributed by atoms with Crippen LogP contribution in [0.15, 0.2) is 0 Å². The zero-order valence-electron chi connectivity index (χ0n) is 14.3. The maximum atomic E-state index is 12.4. The summed E-state index contributed by atoms with van der Waals surface area (Å²) in [7, 11) is 0. The largest absolute Gasteiger partial charge is 0.379 e. The highest BCUT2D eigenvalue weighted by Crippen LogP contribution is 2.37. The Morgan fingerprint density at radius 3 is 2.33 bits per heavy atom. The molecule has 0 aromatic heterocycles. The van der Waals surface area contributed by atoms with Gasteiger partial charge < -0.3 is 10.1 Å². The first kappa shape index (κ1) is 17.4. The molecule has 3 amide bonds. The lowest BCUT2D eigenvalue weighted by molar-refractivity contribution is -0.143. The van der Waals surface area contributed by atoms with Crippen LogP contribution in [0, 0.1) is 11.8 Å². The molecule has 2 heterocycles. The highest BCUT2D eigenvalue weighted by molar-refractivity contribution is 6.07. The van der Waals surface area contributed by atoms with Crippen LogP contribution in [-0.4, -0.2) is 73.0 Å². The van der Waals surface area contributed by atoms with Gasteiger partial charge >= 0.3 is 0 Å². The van der Waals surface area contributed by atoms with E-state index in [1.165, 1.54) is 4.90 Å². The lowest BCUT2D eigenvalue weighted by Gasteiger charge is -2.32. The van der Waals surface area contributed by atoms with Gasteiger partial charge in [-0.15, -0.1) is 0 Å². The molecule has 0 spiro atoms. The van der Waals surface area contributed by atoms with Crippen LogP contribution in [0.5, 0.6) is 0 Å². The summed E-state index contributed by atoms with van der Waals surface area (Å²) in [5.41, 5.74) is 0. The van der Waals surface area contributed by atoms with Crippen molar-refractivity contribution in [1.29, 1.82) is 0 Å². The summed E-state index contributed by atoms with van der Waals surface area (Å²) in [6.45, 7) is 5.61. The Kier molecular flexibility index (Phi) is 5.50. The van der Waals surface area contributed by atoms with E-state index in [-0.39, 0.29) is 42.1 Å². The number of carbonyl (C=O) groups is 3. The Balaban J connectivity index is 1.47. The zero-order chi connectivity index (χ0) is 17.1. The number of likely N-dealkylation sites (tertiary alicyclic amines) is 1. The van der Waals surface area contributed by atoms with Crippen LogP contribution in [0.1, 0.15) is 32.6 Å². The van der Waals surface area contributed by atoms with Crippen LogP contribution in [0.25, 0.3) is 0 Å². The summed E-state index contributed by atoms with van der Waals surface area (Å²) in [6.07, 6.45) is 3.55. The van der Waals surface area contributed by atoms with Gasteiger partial charge in [-0.1, -0.05) is 12.8 Å². The van der Waals surface area contributed by atoms with E-state index in [4.69, 9.17) is 4.74 Å². The van der Waals surface area contributed by atoms with Crippen LogP contribution in [0.3, 0.4) is 0 Å². The van der Waals surface area contributed by atoms with Crippen molar-refractivity contribution >= 4 is 17.7 Å². The van der Waals surface area contributed by atoms with Gasteiger partial charge in [-0.2, -0.15) is 0 Å². The number of rotatable bonds is 5. The van der Waals surface area contributed by atoms with Gasteiger partial charge in [-0.3, -0.25) is 24.2 Å². The van der Waals surface area contributed by atoms with Crippen molar-refractivity contribution in [1.82, 2.24) is 15.1 Å². The number of hydrogen-bond donors (Lipinski definition) is 1. The second-order valence-corrected chi connectivity index (χ2v) is 7.06. The molecule has 1 N–H and O–H groups in total. The van der Waals surface area contributed by atoms with Gasteiger partial charge in [0.15, 0.2) is 0 Å². The van der Waals surface area contributed by atoms with Gasteiger partial charge in [0.05, 0.1) is 25.0 Å². The second-order valence-electron chi connectivity index (χ2n) is 7.06. The third-order valence-electron chi connectivity index (χ3n) is 5.50. The van der Waals surface area contributed by atoms with Crippen molar-refractivity contribution < 1.29 is 19.1 Å². The molecule has 2 saturated heterocycles. The fraction of sp³-hybridized carbons (Fsp3) is 0.824. The van der Waals surface area contributed by atoms with Crippen LogP contribution < -0.4 is 5.32 Å². The van der Waals surface area contributed by atoms with Gasteiger partial charge in [0.1, 0.15) is 6.54 Å². The molecule has 0 radical (unpaired) electrons. The summed E-state index contributed by atoms with van der Waals surface area (Å²) < 4.78 is 5.32. The van der Waals surface area contributed by atoms with Crippen LogP contribution in [0.2, 0.25) is 0 Å². The Labute approximate surface area is 142 Å². The summed E-state index contributed by atoms with van der Waals surface area (Å²) >= 11 is 0. The lowest BCUT2D eigenvalue weighted by atomic mass is 9.81. The molecule has 3 aliphatic rings. The number of fused-ring (bicyclic) bond motifs is 1. The van der Waals surface area contributed by atoms with E-state index in [0.717, 1.165) is 52.0 Å². The number of amides is 3. The highest BCUT2D eigenvalue weighted by Gasteiger charge is 2.48. The number of ether oxygens (including phenoxy) is 1. The minimum Gasteiger partial charge on any atom is -0.379 e. The van der Waals surface area contributed by atoms with E-state index in [9.17, 15) is 14.4 Å². The number of morpholine rings is 1. The standard InChI is InChI=1S/C17H27N3O4/c1-12(19-6-8-24-9-7-19)10-18-15(21)11-20-16(22)13-4-2-3-5-14(13)17(20)23/h12-14H,2-11H2,1H3,(H,18,21)/t12-,13+,14+/m1/s1. The van der Waals surface area contributed by atoms with Gasteiger partial charge in [0.2, 0.25) is 17.7 Å². The Bertz CT molecular complexity index is 480. The summed E-state index contributed by atoms with van der Waals surface area (Å²) in [5.74, 6) is -0.935. The number of nitrogens with one attached hydrogen (secondary N) is 1. The van der Waals surface area contributed by atoms with E-state index in [0.29, 0.717) is 6.54 Å². The molecule has 3 rings (SSSR count). The summed E-state index contributed by atoms with van der Waals surface area (Å²) in [5, 5.41) is 2.86. The summed E-state index contributed by atoms with van der Waals surface area (Å²) in [4.78, 5) is 40.4. The monoisotopic (exact) mass is 337 g/mol. The first-order valence-electron chi connectivity index (χ1n) is 9.01. The van der Waals surface area contributed by atoms with Crippen LogP contribution in [-0.2, 0) is 19.1 Å². The van der Waals surface area contributed by atoms with Crippen molar-refractivity contribution in [2.45, 2.75) is 38.6 Å². The van der Waals surface area contributed by atoms with Crippen molar-refractivity contribution in [3.8, 4) is 0 Å². The van der Waals surface area contributed by atoms with E-state index in [1.54, 1.807) is 0 Å². The van der Waals surface area contributed by atoms with Gasteiger partial charge in [0.25, 0.3) is 0 Å². The molecular weight excluding hydrogens is 310 g/mol. The van der Waals surface area contributed by atoms with E-state index >= 15 is 0 Å². The SMILES string of the molecule is C[C@H](CNC(=O)CN1C(=O)[C@H]2CCCC[C@@H]2C1=O)N1CCOCC1. The average molecular weight is 337 g/mol. The predicted octanol–water partition coefficient (Wildman–Crippen LogP) is -0.00150. The molecule has 7 heteroatoms. The maximum Gasteiger partial charge on any atom is 0.240 e. The number of imide groups is 1. The topological polar surface area (TPSA) is 79.0 Å². The second kappa shape index (κ2) is 7.61. The van der Waals surface area contributed by atoms with Crippen LogP contribution >= 0.6 is 0 Å². The van der Waals surface area contributed by atoms with Crippen LogP contribution in [0.4, 0.5) is 0 Å².